The molecule has 0 amide bonds. The van der Waals surface area contributed by atoms with E-state index in [4.69, 9.17) is 17.0 Å². The van der Waals surface area contributed by atoms with E-state index in [1.54, 1.807) is 24.3 Å². The highest BCUT2D eigenvalue weighted by atomic mass is 32.1. The third-order valence-corrected chi connectivity index (χ3v) is 4.46. The van der Waals surface area contributed by atoms with Gasteiger partial charge in [0.15, 0.2) is 5.78 Å². The molecule has 0 radical (unpaired) electrons. The number of ketones is 1. The van der Waals surface area contributed by atoms with Gasteiger partial charge in [-0.2, -0.15) is 4.99 Å². The van der Waals surface area contributed by atoms with Crippen molar-refractivity contribution in [1.82, 2.24) is 14.9 Å². The topological polar surface area (TPSA) is 91.7 Å². The van der Waals surface area contributed by atoms with E-state index < -0.39 is 0 Å². The summed E-state index contributed by atoms with van der Waals surface area (Å²) in [5.41, 5.74) is 3.14. The number of hydrogen-bond donors (Lipinski definition) is 2. The van der Waals surface area contributed by atoms with Crippen LogP contribution in [0.3, 0.4) is 0 Å². The third-order valence-electron chi connectivity index (χ3n) is 4.27. The van der Waals surface area contributed by atoms with Gasteiger partial charge >= 0.3 is 0 Å². The number of nitrogens with one attached hydrogen (secondary N) is 2. The van der Waals surface area contributed by atoms with E-state index in [9.17, 15) is 4.79 Å². The molecule has 0 bridgehead atoms. The van der Waals surface area contributed by atoms with Gasteiger partial charge in [0, 0.05) is 35.7 Å². The van der Waals surface area contributed by atoms with Crippen LogP contribution in [0, 0.1) is 13.8 Å². The molecule has 152 valence electrons. The highest BCUT2D eigenvalue weighted by Gasteiger charge is 2.17. The minimum atomic E-state index is 0.0180. The lowest BCUT2D eigenvalue weighted by atomic mass is 10.1. The number of carbonyl (C=O) groups is 1. The number of nitrogens with zero attached hydrogens (tertiary/aromatic N) is 4. The summed E-state index contributed by atoms with van der Waals surface area (Å²) in [5.74, 6) is 1.06. The smallest absolute Gasteiger partial charge is 0.229 e. The van der Waals surface area contributed by atoms with Crippen molar-refractivity contribution in [3.63, 3.8) is 0 Å². The number of aliphatic imine (C=N–C) groups is 1. The van der Waals surface area contributed by atoms with Gasteiger partial charge in [-0.25, -0.2) is 9.97 Å². The van der Waals surface area contributed by atoms with Gasteiger partial charge in [-0.15, -0.1) is 0 Å². The minimum absolute atomic E-state index is 0.0180. The van der Waals surface area contributed by atoms with Gasteiger partial charge in [-0.3, -0.25) is 10.1 Å². The molecule has 2 heterocycles. The molecule has 8 nitrogen and oxygen atoms in total. The molecule has 1 aromatic heterocycles. The van der Waals surface area contributed by atoms with Crippen molar-refractivity contribution in [3.8, 4) is 0 Å². The summed E-state index contributed by atoms with van der Waals surface area (Å²) >= 11 is 5.43. The number of ether oxygens (including phenoxy) is 1. The molecular weight excluding hydrogens is 388 g/mol. The van der Waals surface area contributed by atoms with Gasteiger partial charge in [-0.1, -0.05) is 0 Å². The fourth-order valence-electron chi connectivity index (χ4n) is 2.87. The maximum atomic E-state index is 11.4. The number of hydrogen-bond acceptors (Lipinski definition) is 5. The Labute approximate surface area is 175 Å². The number of rotatable bonds is 3. The van der Waals surface area contributed by atoms with Crippen molar-refractivity contribution in [3.05, 3.63) is 47.3 Å². The average Bonchev–Trinajstić information content (AvgIpc) is 2.68. The summed E-state index contributed by atoms with van der Waals surface area (Å²) in [6, 6.07) is 9.01. The van der Waals surface area contributed by atoms with Crippen LogP contribution in [0.2, 0.25) is 0 Å². The molecule has 3 rings (SSSR count). The van der Waals surface area contributed by atoms with E-state index in [0.29, 0.717) is 48.9 Å². The number of aromatic nitrogens is 2. The second-order valence-electron chi connectivity index (χ2n) is 6.70. The van der Waals surface area contributed by atoms with Gasteiger partial charge < -0.3 is 15.0 Å². The van der Waals surface area contributed by atoms with Crippen LogP contribution in [0.15, 0.2) is 35.3 Å². The highest BCUT2D eigenvalue weighted by Crippen LogP contribution is 2.12. The van der Waals surface area contributed by atoms with E-state index in [2.05, 4.69) is 30.5 Å². The second-order valence-corrected chi connectivity index (χ2v) is 7.08. The first-order valence-electron chi connectivity index (χ1n) is 9.33. The van der Waals surface area contributed by atoms with Crippen LogP contribution in [0.5, 0.6) is 0 Å². The molecule has 0 atom stereocenters. The summed E-state index contributed by atoms with van der Waals surface area (Å²) in [4.78, 5) is 26.9. The van der Waals surface area contributed by atoms with E-state index in [1.807, 2.05) is 19.9 Å². The standard InChI is InChI=1S/C20H24N6O2S/c1-13-12-14(2)22-18(21-13)24-19(26-8-10-28-11-9-26)25-20(29)23-17-6-4-16(5-7-17)15(3)27/h4-7,12H,8-11H2,1-3H3,(H2,21,22,23,24,25,29). The van der Waals surface area contributed by atoms with E-state index >= 15 is 0 Å². The molecule has 0 spiro atoms. The summed E-state index contributed by atoms with van der Waals surface area (Å²) in [6.45, 7) is 7.97. The zero-order chi connectivity index (χ0) is 20.8. The zero-order valence-electron chi connectivity index (χ0n) is 16.7. The Morgan fingerprint density at radius 3 is 2.31 bits per heavy atom. The number of carbonyl (C=O) groups excluding carboxylic acids is 1. The lowest BCUT2D eigenvalue weighted by Gasteiger charge is -2.29. The van der Waals surface area contributed by atoms with Crippen molar-refractivity contribution >= 4 is 40.7 Å². The summed E-state index contributed by atoms with van der Waals surface area (Å²) in [6.07, 6.45) is 0. The van der Waals surface area contributed by atoms with Crippen molar-refractivity contribution in [2.45, 2.75) is 20.8 Å². The molecule has 1 aromatic carbocycles. The average molecular weight is 413 g/mol. The number of Topliss-reactive ketones (excluding diaryl/α,β-unsaturated/α-hetero) is 1. The Hall–Kier alpha value is -2.91. The predicted molar refractivity (Wildman–Crippen MR) is 118 cm³/mol. The van der Waals surface area contributed by atoms with E-state index in [0.717, 1.165) is 17.1 Å². The molecule has 2 N–H and O–H groups in total. The first kappa shape index (κ1) is 20.8. The number of aryl methyl sites for hydroxylation is 2. The van der Waals surface area contributed by atoms with Crippen LogP contribution < -0.4 is 10.6 Å². The third kappa shape index (κ3) is 6.03. The Balaban J connectivity index is 1.79. The first-order chi connectivity index (χ1) is 13.9. The van der Waals surface area contributed by atoms with Crippen molar-refractivity contribution in [2.75, 3.05) is 36.9 Å². The molecule has 1 aliphatic rings. The van der Waals surface area contributed by atoms with Crippen LogP contribution in [0.1, 0.15) is 28.7 Å². The van der Waals surface area contributed by atoms with Crippen molar-refractivity contribution < 1.29 is 9.53 Å². The Bertz CT molecular complexity index is 903. The van der Waals surface area contributed by atoms with Gasteiger partial charge in [-0.05, 0) is 63.3 Å². The lowest BCUT2D eigenvalue weighted by molar-refractivity contribution is 0.0680. The molecular formula is C20H24N6O2S. The van der Waals surface area contributed by atoms with E-state index in [1.165, 1.54) is 6.92 Å². The Morgan fingerprint density at radius 2 is 1.72 bits per heavy atom. The molecule has 1 aliphatic heterocycles. The predicted octanol–water partition coefficient (Wildman–Crippen LogP) is 2.79. The van der Waals surface area contributed by atoms with Crippen LogP contribution in [0.25, 0.3) is 0 Å². The quantitative estimate of drug-likeness (QED) is 0.344. The highest BCUT2D eigenvalue weighted by molar-refractivity contribution is 7.80. The largest absolute Gasteiger partial charge is 0.378 e. The maximum absolute atomic E-state index is 11.4. The summed E-state index contributed by atoms with van der Waals surface area (Å²) in [5, 5.41) is 6.57. The van der Waals surface area contributed by atoms with Crippen LogP contribution in [-0.2, 0) is 4.74 Å². The first-order valence-corrected chi connectivity index (χ1v) is 9.74. The monoisotopic (exact) mass is 412 g/mol. The summed E-state index contributed by atoms with van der Waals surface area (Å²) in [7, 11) is 0. The second kappa shape index (κ2) is 9.53. The molecule has 29 heavy (non-hydrogen) atoms. The molecule has 0 saturated carbocycles. The molecule has 2 aromatic rings. The Kier molecular flexibility index (Phi) is 6.84. The lowest BCUT2D eigenvalue weighted by Crippen LogP contribution is -2.45. The molecule has 1 saturated heterocycles. The normalized spacial score (nSPS) is 14.4. The minimum Gasteiger partial charge on any atom is -0.378 e. The fourth-order valence-corrected chi connectivity index (χ4v) is 3.07. The van der Waals surface area contributed by atoms with E-state index in [-0.39, 0.29) is 5.78 Å². The number of morpholine rings is 1. The number of thiocarbonyl (C=S) groups is 1. The molecule has 0 unspecified atom stereocenters. The number of benzene rings is 1. The van der Waals surface area contributed by atoms with Crippen molar-refractivity contribution in [1.29, 1.82) is 0 Å². The fraction of sp³-hybridized carbons (Fsp3) is 0.350. The van der Waals surface area contributed by atoms with Gasteiger partial charge in [0.2, 0.25) is 17.0 Å². The van der Waals surface area contributed by atoms with Gasteiger partial charge in [0.25, 0.3) is 0 Å². The number of guanidine groups is 1. The molecule has 1 fully saturated rings. The zero-order valence-corrected chi connectivity index (χ0v) is 17.5. The van der Waals surface area contributed by atoms with Crippen LogP contribution in [0.4, 0.5) is 11.6 Å². The van der Waals surface area contributed by atoms with Gasteiger partial charge in [0.05, 0.1) is 13.2 Å². The number of anilines is 2. The molecule has 9 heteroatoms. The van der Waals surface area contributed by atoms with Crippen LogP contribution in [-0.4, -0.2) is 58.0 Å². The maximum Gasteiger partial charge on any atom is 0.229 e. The molecule has 0 aliphatic carbocycles. The van der Waals surface area contributed by atoms with Crippen molar-refractivity contribution in [2.24, 2.45) is 4.99 Å². The summed E-state index contributed by atoms with van der Waals surface area (Å²) < 4.78 is 5.44. The van der Waals surface area contributed by atoms with Crippen LogP contribution >= 0.6 is 12.2 Å². The van der Waals surface area contributed by atoms with Gasteiger partial charge in [0.1, 0.15) is 0 Å². The SMILES string of the molecule is CC(=O)c1ccc(NC(=S)/N=C(/Nc2nc(C)cc(C)n2)N2CCOCC2)cc1. The Morgan fingerprint density at radius 1 is 1.10 bits per heavy atom.